The molecule has 22 heavy (non-hydrogen) atoms. The molecule has 1 saturated carbocycles. The van der Waals surface area contributed by atoms with Crippen molar-refractivity contribution in [2.45, 2.75) is 38.5 Å². The Kier molecular flexibility index (Phi) is 3.60. The van der Waals surface area contributed by atoms with Crippen LogP contribution in [0.5, 0.6) is 0 Å². The molecule has 1 aromatic carbocycles. The zero-order valence-electron chi connectivity index (χ0n) is 13.0. The third-order valence-electron chi connectivity index (χ3n) is 5.22. The van der Waals surface area contributed by atoms with Crippen molar-refractivity contribution in [2.75, 3.05) is 24.5 Å². The molecule has 1 amide bonds. The molecule has 3 aliphatic rings. The molecule has 0 radical (unpaired) electrons. The molecule has 1 aliphatic carbocycles. The fourth-order valence-electron chi connectivity index (χ4n) is 4.01. The monoisotopic (exact) mass is 297 g/mol. The van der Waals surface area contributed by atoms with E-state index < -0.39 is 0 Å². The summed E-state index contributed by atoms with van der Waals surface area (Å²) in [6.45, 7) is 2.43. The lowest BCUT2D eigenvalue weighted by atomic mass is 9.87. The predicted octanol–water partition coefficient (Wildman–Crippen LogP) is 3.29. The second-order valence-electron chi connectivity index (χ2n) is 6.60. The van der Waals surface area contributed by atoms with E-state index in [2.05, 4.69) is 16.0 Å². The molecule has 0 atom stereocenters. The largest absolute Gasteiger partial charge is 0.311 e. The van der Waals surface area contributed by atoms with Gasteiger partial charge in [0.1, 0.15) is 0 Å². The average Bonchev–Trinajstić information content (AvgIpc) is 3.06. The van der Waals surface area contributed by atoms with E-state index in [9.17, 15) is 4.79 Å². The Morgan fingerprint density at radius 1 is 1.14 bits per heavy atom. The summed E-state index contributed by atoms with van der Waals surface area (Å²) in [6, 6.07) is 7.98. The number of aliphatic imine (C=N–C) groups is 1. The van der Waals surface area contributed by atoms with Gasteiger partial charge in [-0.25, -0.2) is 0 Å². The number of fused-ring (bicyclic) bond motifs is 2. The summed E-state index contributed by atoms with van der Waals surface area (Å²) in [4.78, 5) is 21.3. The highest BCUT2D eigenvalue weighted by Crippen LogP contribution is 2.32. The summed E-state index contributed by atoms with van der Waals surface area (Å²) in [7, 11) is 0. The molecular formula is C18H23N3O. The van der Waals surface area contributed by atoms with Gasteiger partial charge in [-0.15, -0.1) is 0 Å². The maximum Gasteiger partial charge on any atom is 0.262 e. The summed E-state index contributed by atoms with van der Waals surface area (Å²) in [6.07, 6.45) is 8.10. The van der Waals surface area contributed by atoms with Crippen molar-refractivity contribution in [1.29, 1.82) is 0 Å². The first-order chi connectivity index (χ1) is 10.8. The lowest BCUT2D eigenvalue weighted by Crippen LogP contribution is -2.50. The van der Waals surface area contributed by atoms with Crippen molar-refractivity contribution in [3.05, 3.63) is 29.8 Å². The molecule has 0 aromatic heterocycles. The van der Waals surface area contributed by atoms with Crippen LogP contribution in [-0.2, 0) is 0 Å². The number of guanidine groups is 1. The molecule has 0 spiro atoms. The Labute approximate surface area is 131 Å². The number of amides is 1. The van der Waals surface area contributed by atoms with Crippen LogP contribution >= 0.6 is 0 Å². The lowest BCUT2D eigenvalue weighted by molar-refractivity contribution is 0.0851. The highest BCUT2D eigenvalue weighted by atomic mass is 16.2. The van der Waals surface area contributed by atoms with Gasteiger partial charge in [0, 0.05) is 13.1 Å². The van der Waals surface area contributed by atoms with Gasteiger partial charge < -0.3 is 4.90 Å². The van der Waals surface area contributed by atoms with Crippen LogP contribution in [0, 0.1) is 5.92 Å². The molecule has 0 bridgehead atoms. The second kappa shape index (κ2) is 5.75. The number of para-hydroxylation sites is 1. The van der Waals surface area contributed by atoms with Crippen molar-refractivity contribution in [2.24, 2.45) is 10.9 Å². The molecule has 0 saturated heterocycles. The van der Waals surface area contributed by atoms with E-state index in [4.69, 9.17) is 0 Å². The number of nitrogens with zero attached hydrogens (tertiary/aromatic N) is 3. The number of anilines is 1. The summed E-state index contributed by atoms with van der Waals surface area (Å²) < 4.78 is 0. The smallest absolute Gasteiger partial charge is 0.262 e. The number of carbonyl (C=O) groups excluding carboxylic acids is 1. The number of hydrogen-bond acceptors (Lipinski definition) is 3. The fourth-order valence-corrected chi connectivity index (χ4v) is 4.01. The van der Waals surface area contributed by atoms with Gasteiger partial charge in [0.05, 0.1) is 17.8 Å². The Morgan fingerprint density at radius 3 is 2.82 bits per heavy atom. The molecule has 4 nitrogen and oxygen atoms in total. The van der Waals surface area contributed by atoms with E-state index in [1.165, 1.54) is 38.5 Å². The Morgan fingerprint density at radius 2 is 1.95 bits per heavy atom. The van der Waals surface area contributed by atoms with Crippen molar-refractivity contribution in [1.82, 2.24) is 4.90 Å². The SMILES string of the molecule is O=C1c2ccccc2N(CCC2CCCCC2)C2=NCCN12. The molecule has 2 heterocycles. The Hall–Kier alpha value is -1.84. The second-order valence-corrected chi connectivity index (χ2v) is 6.60. The first-order valence-corrected chi connectivity index (χ1v) is 8.57. The summed E-state index contributed by atoms with van der Waals surface area (Å²) in [5, 5.41) is 0. The van der Waals surface area contributed by atoms with E-state index >= 15 is 0 Å². The molecule has 4 heteroatoms. The number of hydrogen-bond donors (Lipinski definition) is 0. The van der Waals surface area contributed by atoms with Crippen molar-refractivity contribution in [3.63, 3.8) is 0 Å². The third kappa shape index (κ3) is 2.31. The number of benzene rings is 1. The Bertz CT molecular complexity index is 604. The van der Waals surface area contributed by atoms with Gasteiger partial charge in [-0.1, -0.05) is 44.2 Å². The van der Waals surface area contributed by atoms with Crippen LogP contribution in [0.1, 0.15) is 48.9 Å². The molecule has 0 N–H and O–H groups in total. The van der Waals surface area contributed by atoms with Gasteiger partial charge in [-0.2, -0.15) is 0 Å². The maximum absolute atomic E-state index is 12.6. The van der Waals surface area contributed by atoms with Crippen LogP contribution in [-0.4, -0.2) is 36.4 Å². The van der Waals surface area contributed by atoms with Crippen LogP contribution in [0.2, 0.25) is 0 Å². The van der Waals surface area contributed by atoms with Crippen molar-refractivity contribution >= 4 is 17.6 Å². The normalized spacial score (nSPS) is 21.6. The van der Waals surface area contributed by atoms with Gasteiger partial charge in [0.15, 0.2) is 0 Å². The van der Waals surface area contributed by atoms with Crippen LogP contribution in [0.3, 0.4) is 0 Å². The quantitative estimate of drug-likeness (QED) is 0.858. The van der Waals surface area contributed by atoms with Crippen molar-refractivity contribution < 1.29 is 4.79 Å². The van der Waals surface area contributed by atoms with E-state index in [0.29, 0.717) is 0 Å². The maximum atomic E-state index is 12.6. The molecular weight excluding hydrogens is 274 g/mol. The highest BCUT2D eigenvalue weighted by molar-refractivity contribution is 6.19. The highest BCUT2D eigenvalue weighted by Gasteiger charge is 2.36. The number of carbonyl (C=O) groups is 1. The molecule has 1 aromatic rings. The van der Waals surface area contributed by atoms with Crippen LogP contribution < -0.4 is 4.90 Å². The van der Waals surface area contributed by atoms with Crippen LogP contribution in [0.25, 0.3) is 0 Å². The molecule has 1 fully saturated rings. The van der Waals surface area contributed by atoms with Crippen LogP contribution in [0.4, 0.5) is 5.69 Å². The van der Waals surface area contributed by atoms with E-state index in [0.717, 1.165) is 42.8 Å². The minimum atomic E-state index is 0.112. The third-order valence-corrected chi connectivity index (χ3v) is 5.22. The van der Waals surface area contributed by atoms with Gasteiger partial charge >= 0.3 is 0 Å². The number of rotatable bonds is 3. The first kappa shape index (κ1) is 13.8. The summed E-state index contributed by atoms with van der Waals surface area (Å²) in [5.74, 6) is 1.83. The van der Waals surface area contributed by atoms with Gasteiger partial charge in [-0.3, -0.25) is 14.7 Å². The van der Waals surface area contributed by atoms with Gasteiger partial charge in [0.2, 0.25) is 5.96 Å². The summed E-state index contributed by atoms with van der Waals surface area (Å²) >= 11 is 0. The zero-order chi connectivity index (χ0) is 14.9. The minimum Gasteiger partial charge on any atom is -0.311 e. The standard InChI is InChI=1S/C18H23N3O/c22-17-15-8-4-5-9-16(15)20(18-19-11-13-21(17)18)12-10-14-6-2-1-3-7-14/h4-5,8-9,14H,1-3,6-7,10-13H2. The average molecular weight is 297 g/mol. The van der Waals surface area contributed by atoms with Gasteiger partial charge in [0.25, 0.3) is 5.91 Å². The zero-order valence-corrected chi connectivity index (χ0v) is 13.0. The Balaban J connectivity index is 1.59. The molecule has 2 aliphatic heterocycles. The van der Waals surface area contributed by atoms with E-state index in [1.807, 2.05) is 23.1 Å². The first-order valence-electron chi connectivity index (χ1n) is 8.57. The fraction of sp³-hybridized carbons (Fsp3) is 0.556. The van der Waals surface area contributed by atoms with Crippen molar-refractivity contribution in [3.8, 4) is 0 Å². The predicted molar refractivity (Wildman–Crippen MR) is 88.3 cm³/mol. The lowest BCUT2D eigenvalue weighted by Gasteiger charge is -2.37. The topological polar surface area (TPSA) is 35.9 Å². The molecule has 0 unspecified atom stereocenters. The van der Waals surface area contributed by atoms with E-state index in [1.54, 1.807) is 0 Å². The van der Waals surface area contributed by atoms with E-state index in [-0.39, 0.29) is 5.91 Å². The minimum absolute atomic E-state index is 0.112. The molecule has 4 rings (SSSR count). The molecule has 116 valence electrons. The summed E-state index contributed by atoms with van der Waals surface area (Å²) in [5.41, 5.74) is 1.87. The van der Waals surface area contributed by atoms with Gasteiger partial charge in [-0.05, 0) is 24.5 Å². The van der Waals surface area contributed by atoms with Crippen LogP contribution in [0.15, 0.2) is 29.3 Å².